The van der Waals surface area contributed by atoms with Crippen LogP contribution in [0.4, 0.5) is 4.39 Å². The third-order valence-corrected chi connectivity index (χ3v) is 2.27. The van der Waals surface area contributed by atoms with Gasteiger partial charge in [0.05, 0.1) is 6.61 Å². The second-order valence-corrected chi connectivity index (χ2v) is 3.68. The van der Waals surface area contributed by atoms with E-state index in [-0.39, 0.29) is 24.4 Å². The van der Waals surface area contributed by atoms with Crippen LogP contribution in [0.5, 0.6) is 5.75 Å². The molecule has 1 unspecified atom stereocenters. The Hall–Kier alpha value is -1.13. The van der Waals surface area contributed by atoms with Crippen LogP contribution >= 0.6 is 0 Å². The fraction of sp³-hybridized carbons (Fsp3) is 0.455. The molecule has 15 heavy (non-hydrogen) atoms. The molecule has 4 heteroatoms. The highest BCUT2D eigenvalue weighted by Gasteiger charge is 2.12. The first-order valence-electron chi connectivity index (χ1n) is 4.90. The van der Waals surface area contributed by atoms with E-state index in [9.17, 15) is 9.50 Å². The van der Waals surface area contributed by atoms with Gasteiger partial charge in [-0.05, 0) is 19.9 Å². The number of hydrogen-bond acceptors (Lipinski definition) is 3. The molecule has 3 nitrogen and oxygen atoms in total. The van der Waals surface area contributed by atoms with Gasteiger partial charge in [0.2, 0.25) is 0 Å². The molecule has 1 aromatic rings. The molecule has 0 saturated heterocycles. The van der Waals surface area contributed by atoms with Crippen molar-refractivity contribution in [1.82, 2.24) is 5.32 Å². The molecule has 1 aromatic carbocycles. The summed E-state index contributed by atoms with van der Waals surface area (Å²) in [6.45, 7) is 3.70. The standard InChI is InChI=1S/C11H16FNO2/c1-7(6-14)13-8(2)10-4-3-9(12)5-11(10)15/h3-5,7-8,13-15H,6H2,1-2H3/t7-,8?/m1/s1. The SMILES string of the molecule is CC(N[C@H](C)CO)c1ccc(F)cc1O. The third-order valence-electron chi connectivity index (χ3n) is 2.27. The molecule has 0 amide bonds. The van der Waals surface area contributed by atoms with Crippen LogP contribution < -0.4 is 5.32 Å². The fourth-order valence-electron chi connectivity index (χ4n) is 1.45. The smallest absolute Gasteiger partial charge is 0.126 e. The Bertz CT molecular complexity index is 330. The molecule has 0 aliphatic heterocycles. The predicted molar refractivity (Wildman–Crippen MR) is 56.2 cm³/mol. The molecule has 0 aromatic heterocycles. The van der Waals surface area contributed by atoms with Gasteiger partial charge in [-0.1, -0.05) is 6.07 Å². The minimum Gasteiger partial charge on any atom is -0.508 e. The number of halogens is 1. The Balaban J connectivity index is 2.77. The van der Waals surface area contributed by atoms with Crippen LogP contribution in [0.1, 0.15) is 25.5 Å². The average molecular weight is 213 g/mol. The summed E-state index contributed by atoms with van der Waals surface area (Å²) in [5.41, 5.74) is 0.622. The molecule has 0 saturated carbocycles. The van der Waals surface area contributed by atoms with E-state index in [0.29, 0.717) is 5.56 Å². The lowest BCUT2D eigenvalue weighted by molar-refractivity contribution is 0.242. The van der Waals surface area contributed by atoms with Gasteiger partial charge in [-0.2, -0.15) is 0 Å². The lowest BCUT2D eigenvalue weighted by atomic mass is 10.1. The molecule has 0 aliphatic rings. The summed E-state index contributed by atoms with van der Waals surface area (Å²) in [4.78, 5) is 0. The maximum absolute atomic E-state index is 12.7. The van der Waals surface area contributed by atoms with Gasteiger partial charge in [-0.15, -0.1) is 0 Å². The highest BCUT2D eigenvalue weighted by atomic mass is 19.1. The van der Waals surface area contributed by atoms with E-state index in [1.807, 2.05) is 13.8 Å². The molecule has 2 atom stereocenters. The van der Waals surface area contributed by atoms with E-state index < -0.39 is 5.82 Å². The molecular weight excluding hydrogens is 197 g/mol. The Labute approximate surface area is 88.6 Å². The number of hydrogen-bond donors (Lipinski definition) is 3. The van der Waals surface area contributed by atoms with Crippen LogP contribution in [0.25, 0.3) is 0 Å². The number of phenolic OH excluding ortho intramolecular Hbond substituents is 1. The van der Waals surface area contributed by atoms with Crippen LogP contribution in [0.15, 0.2) is 18.2 Å². The Morgan fingerprint density at radius 3 is 2.60 bits per heavy atom. The minimum absolute atomic E-state index is 0.0201. The predicted octanol–water partition coefficient (Wildman–Crippen LogP) is 1.56. The zero-order valence-electron chi connectivity index (χ0n) is 8.87. The van der Waals surface area contributed by atoms with Gasteiger partial charge < -0.3 is 15.5 Å². The van der Waals surface area contributed by atoms with Gasteiger partial charge >= 0.3 is 0 Å². The molecule has 0 bridgehead atoms. The minimum atomic E-state index is -0.460. The lowest BCUT2D eigenvalue weighted by Gasteiger charge is -2.19. The monoisotopic (exact) mass is 213 g/mol. The van der Waals surface area contributed by atoms with Crippen molar-refractivity contribution in [1.29, 1.82) is 0 Å². The largest absolute Gasteiger partial charge is 0.508 e. The summed E-state index contributed by atoms with van der Waals surface area (Å²) in [5.74, 6) is -0.529. The van der Waals surface area contributed by atoms with Crippen molar-refractivity contribution in [3.63, 3.8) is 0 Å². The fourth-order valence-corrected chi connectivity index (χ4v) is 1.45. The van der Waals surface area contributed by atoms with Crippen molar-refractivity contribution in [3.05, 3.63) is 29.6 Å². The zero-order valence-corrected chi connectivity index (χ0v) is 8.87. The summed E-state index contributed by atoms with van der Waals surface area (Å²) in [5, 5.41) is 21.4. The number of phenols is 1. The second kappa shape index (κ2) is 5.09. The first-order valence-corrected chi connectivity index (χ1v) is 4.90. The summed E-state index contributed by atoms with van der Waals surface area (Å²) >= 11 is 0. The van der Waals surface area contributed by atoms with Crippen molar-refractivity contribution < 1.29 is 14.6 Å². The molecule has 0 radical (unpaired) electrons. The summed E-state index contributed by atoms with van der Waals surface area (Å²) in [6.07, 6.45) is 0. The van der Waals surface area contributed by atoms with E-state index >= 15 is 0 Å². The van der Waals surface area contributed by atoms with Crippen molar-refractivity contribution in [2.24, 2.45) is 0 Å². The zero-order chi connectivity index (χ0) is 11.4. The number of aliphatic hydroxyl groups is 1. The Morgan fingerprint density at radius 2 is 2.07 bits per heavy atom. The van der Waals surface area contributed by atoms with Crippen LogP contribution in [0.2, 0.25) is 0 Å². The normalized spacial score (nSPS) is 14.9. The van der Waals surface area contributed by atoms with Crippen LogP contribution in [-0.2, 0) is 0 Å². The van der Waals surface area contributed by atoms with Crippen molar-refractivity contribution >= 4 is 0 Å². The quantitative estimate of drug-likeness (QED) is 0.711. The number of rotatable bonds is 4. The molecule has 0 fully saturated rings. The highest BCUT2D eigenvalue weighted by molar-refractivity contribution is 5.34. The van der Waals surface area contributed by atoms with Crippen molar-refractivity contribution in [2.45, 2.75) is 25.9 Å². The van der Waals surface area contributed by atoms with Gasteiger partial charge in [0.25, 0.3) is 0 Å². The van der Waals surface area contributed by atoms with E-state index in [0.717, 1.165) is 6.07 Å². The van der Waals surface area contributed by atoms with Crippen LogP contribution in [0, 0.1) is 5.82 Å². The Morgan fingerprint density at radius 1 is 1.40 bits per heavy atom. The number of aromatic hydroxyl groups is 1. The highest BCUT2D eigenvalue weighted by Crippen LogP contribution is 2.24. The van der Waals surface area contributed by atoms with Gasteiger partial charge in [-0.3, -0.25) is 0 Å². The average Bonchev–Trinajstić information content (AvgIpc) is 2.17. The first kappa shape index (κ1) is 11.9. The lowest BCUT2D eigenvalue weighted by Crippen LogP contribution is -2.31. The first-order chi connectivity index (χ1) is 7.04. The van der Waals surface area contributed by atoms with Crippen molar-refractivity contribution in [2.75, 3.05) is 6.61 Å². The topological polar surface area (TPSA) is 52.5 Å². The van der Waals surface area contributed by atoms with Gasteiger partial charge in [-0.25, -0.2) is 4.39 Å². The molecule has 3 N–H and O–H groups in total. The van der Waals surface area contributed by atoms with E-state index in [1.165, 1.54) is 12.1 Å². The second-order valence-electron chi connectivity index (χ2n) is 3.68. The van der Waals surface area contributed by atoms with Gasteiger partial charge in [0.1, 0.15) is 11.6 Å². The van der Waals surface area contributed by atoms with Gasteiger partial charge in [0, 0.05) is 23.7 Å². The number of nitrogens with one attached hydrogen (secondary N) is 1. The number of benzene rings is 1. The molecular formula is C11H16FNO2. The van der Waals surface area contributed by atoms with Crippen LogP contribution in [0.3, 0.4) is 0 Å². The van der Waals surface area contributed by atoms with E-state index in [2.05, 4.69) is 5.32 Å². The summed E-state index contributed by atoms with van der Waals surface area (Å²) in [7, 11) is 0. The molecule has 84 valence electrons. The maximum Gasteiger partial charge on any atom is 0.126 e. The molecule has 0 aliphatic carbocycles. The number of aliphatic hydroxyl groups excluding tert-OH is 1. The van der Waals surface area contributed by atoms with Crippen molar-refractivity contribution in [3.8, 4) is 5.75 Å². The molecule has 0 spiro atoms. The third kappa shape index (κ3) is 3.18. The van der Waals surface area contributed by atoms with E-state index in [4.69, 9.17) is 5.11 Å². The van der Waals surface area contributed by atoms with Gasteiger partial charge in [0.15, 0.2) is 0 Å². The Kier molecular flexibility index (Phi) is 4.05. The van der Waals surface area contributed by atoms with Crippen LogP contribution in [-0.4, -0.2) is 22.9 Å². The maximum atomic E-state index is 12.7. The molecule has 1 rings (SSSR count). The molecule has 0 heterocycles. The summed E-state index contributed by atoms with van der Waals surface area (Å²) < 4.78 is 12.7. The summed E-state index contributed by atoms with van der Waals surface area (Å²) in [6, 6.07) is 3.72. The van der Waals surface area contributed by atoms with E-state index in [1.54, 1.807) is 0 Å².